The maximum atomic E-state index is 5.61. The van der Waals surface area contributed by atoms with Gasteiger partial charge >= 0.3 is 0 Å². The number of nitrogens with zero attached hydrogens (tertiary/aromatic N) is 1. The average Bonchev–Trinajstić information content (AvgIpc) is 2.79. The molecule has 3 nitrogen and oxygen atoms in total. The van der Waals surface area contributed by atoms with Crippen molar-refractivity contribution < 1.29 is 4.74 Å². The van der Waals surface area contributed by atoms with Gasteiger partial charge in [0.2, 0.25) is 0 Å². The Labute approximate surface area is 102 Å². The van der Waals surface area contributed by atoms with E-state index in [1.54, 1.807) is 0 Å². The number of rotatable bonds is 6. The van der Waals surface area contributed by atoms with Gasteiger partial charge in [-0.05, 0) is 18.1 Å². The standard InChI is InChI=1S/C14H18N2O/c1-2-6-13-9-14(16-15-13)11-17-10-12-7-4-3-5-8-12/h3-5,7-9H,2,6,10-11H2,1H3,(H,15,16). The summed E-state index contributed by atoms with van der Waals surface area (Å²) >= 11 is 0. The molecule has 3 heteroatoms. The van der Waals surface area contributed by atoms with Crippen molar-refractivity contribution in [2.75, 3.05) is 0 Å². The van der Waals surface area contributed by atoms with Gasteiger partial charge in [-0.3, -0.25) is 5.10 Å². The number of hydrogen-bond donors (Lipinski definition) is 1. The number of aryl methyl sites for hydroxylation is 1. The van der Waals surface area contributed by atoms with E-state index in [0.29, 0.717) is 13.2 Å². The Hall–Kier alpha value is -1.61. The first kappa shape index (κ1) is 11.9. The van der Waals surface area contributed by atoms with E-state index < -0.39 is 0 Å². The quantitative estimate of drug-likeness (QED) is 0.828. The lowest BCUT2D eigenvalue weighted by Crippen LogP contribution is -1.94. The SMILES string of the molecule is CCCc1cc(COCc2ccccc2)n[nH]1. The summed E-state index contributed by atoms with van der Waals surface area (Å²) in [7, 11) is 0. The number of ether oxygens (including phenoxy) is 1. The summed E-state index contributed by atoms with van der Waals surface area (Å²) in [4.78, 5) is 0. The van der Waals surface area contributed by atoms with Crippen LogP contribution >= 0.6 is 0 Å². The molecule has 0 radical (unpaired) electrons. The van der Waals surface area contributed by atoms with E-state index in [0.717, 1.165) is 18.5 Å². The predicted octanol–water partition coefficient (Wildman–Crippen LogP) is 3.08. The smallest absolute Gasteiger partial charge is 0.0911 e. The Kier molecular flexibility index (Phi) is 4.33. The molecule has 0 spiro atoms. The van der Waals surface area contributed by atoms with Crippen LogP contribution in [0.1, 0.15) is 30.3 Å². The molecule has 0 saturated carbocycles. The van der Waals surface area contributed by atoms with Crippen LogP contribution in [0.4, 0.5) is 0 Å². The summed E-state index contributed by atoms with van der Waals surface area (Å²) in [5.74, 6) is 0. The molecule has 0 bridgehead atoms. The fourth-order valence-electron chi connectivity index (χ4n) is 1.73. The molecule has 90 valence electrons. The van der Waals surface area contributed by atoms with Crippen LogP contribution in [0.3, 0.4) is 0 Å². The molecule has 0 aliphatic carbocycles. The topological polar surface area (TPSA) is 37.9 Å². The molecular formula is C14H18N2O. The van der Waals surface area contributed by atoms with Crippen LogP contribution in [0, 0.1) is 0 Å². The van der Waals surface area contributed by atoms with Crippen LogP contribution in [0.5, 0.6) is 0 Å². The molecule has 1 aromatic heterocycles. The van der Waals surface area contributed by atoms with Gasteiger partial charge in [0, 0.05) is 5.69 Å². The summed E-state index contributed by atoms with van der Waals surface area (Å²) in [6.45, 7) is 3.36. The molecule has 0 aliphatic heterocycles. The van der Waals surface area contributed by atoms with Crippen LogP contribution in [-0.4, -0.2) is 10.2 Å². The second-order valence-electron chi connectivity index (χ2n) is 4.11. The first-order chi connectivity index (χ1) is 8.38. The first-order valence-corrected chi connectivity index (χ1v) is 6.03. The highest BCUT2D eigenvalue weighted by Crippen LogP contribution is 2.06. The highest BCUT2D eigenvalue weighted by atomic mass is 16.5. The number of nitrogens with one attached hydrogen (secondary N) is 1. The van der Waals surface area contributed by atoms with E-state index in [9.17, 15) is 0 Å². The third kappa shape index (κ3) is 3.71. The Bertz CT molecular complexity index is 436. The van der Waals surface area contributed by atoms with E-state index in [1.807, 2.05) is 18.2 Å². The van der Waals surface area contributed by atoms with E-state index in [4.69, 9.17) is 4.74 Å². The maximum Gasteiger partial charge on any atom is 0.0911 e. The van der Waals surface area contributed by atoms with Crippen molar-refractivity contribution in [1.82, 2.24) is 10.2 Å². The zero-order chi connectivity index (χ0) is 11.9. The first-order valence-electron chi connectivity index (χ1n) is 6.03. The molecule has 2 aromatic rings. The van der Waals surface area contributed by atoms with Crippen molar-refractivity contribution in [2.24, 2.45) is 0 Å². The van der Waals surface area contributed by atoms with Gasteiger partial charge in [-0.2, -0.15) is 5.10 Å². The third-order valence-electron chi connectivity index (χ3n) is 2.56. The van der Waals surface area contributed by atoms with E-state index in [-0.39, 0.29) is 0 Å². The molecule has 1 heterocycles. The number of aromatic nitrogens is 2. The number of hydrogen-bond acceptors (Lipinski definition) is 2. The fraction of sp³-hybridized carbons (Fsp3) is 0.357. The van der Waals surface area contributed by atoms with Crippen LogP contribution in [0.2, 0.25) is 0 Å². The second-order valence-corrected chi connectivity index (χ2v) is 4.11. The van der Waals surface area contributed by atoms with Crippen molar-refractivity contribution in [3.05, 3.63) is 53.3 Å². The van der Waals surface area contributed by atoms with Gasteiger partial charge in [-0.25, -0.2) is 0 Å². The molecular weight excluding hydrogens is 212 g/mol. The largest absolute Gasteiger partial charge is 0.370 e. The molecule has 17 heavy (non-hydrogen) atoms. The number of H-pyrrole nitrogens is 1. The molecule has 0 unspecified atom stereocenters. The molecule has 1 aromatic carbocycles. The Morgan fingerprint density at radius 3 is 2.76 bits per heavy atom. The highest BCUT2D eigenvalue weighted by Gasteiger charge is 2.00. The van der Waals surface area contributed by atoms with Crippen molar-refractivity contribution in [1.29, 1.82) is 0 Å². The van der Waals surface area contributed by atoms with Gasteiger partial charge < -0.3 is 4.74 Å². The second kappa shape index (κ2) is 6.21. The maximum absolute atomic E-state index is 5.61. The minimum Gasteiger partial charge on any atom is -0.370 e. The number of aromatic amines is 1. The lowest BCUT2D eigenvalue weighted by molar-refractivity contribution is 0.104. The van der Waals surface area contributed by atoms with Crippen molar-refractivity contribution in [3.8, 4) is 0 Å². The van der Waals surface area contributed by atoms with Crippen LogP contribution in [0.25, 0.3) is 0 Å². The minimum absolute atomic E-state index is 0.565. The summed E-state index contributed by atoms with van der Waals surface area (Å²) in [6.07, 6.45) is 2.18. The molecule has 1 N–H and O–H groups in total. The lowest BCUT2D eigenvalue weighted by atomic mass is 10.2. The van der Waals surface area contributed by atoms with Gasteiger partial charge in [-0.15, -0.1) is 0 Å². The minimum atomic E-state index is 0.565. The third-order valence-corrected chi connectivity index (χ3v) is 2.56. The molecule has 0 atom stereocenters. The Morgan fingerprint density at radius 1 is 1.18 bits per heavy atom. The lowest BCUT2D eigenvalue weighted by Gasteiger charge is -2.01. The van der Waals surface area contributed by atoms with Crippen molar-refractivity contribution >= 4 is 0 Å². The van der Waals surface area contributed by atoms with Crippen LogP contribution in [-0.2, 0) is 24.4 Å². The summed E-state index contributed by atoms with van der Waals surface area (Å²) in [6, 6.07) is 12.3. The van der Waals surface area contributed by atoms with Gasteiger partial charge in [0.1, 0.15) is 0 Å². The normalized spacial score (nSPS) is 10.6. The summed E-state index contributed by atoms with van der Waals surface area (Å²) in [5.41, 5.74) is 3.35. The fourth-order valence-corrected chi connectivity index (χ4v) is 1.73. The zero-order valence-corrected chi connectivity index (χ0v) is 10.1. The van der Waals surface area contributed by atoms with Gasteiger partial charge in [-0.1, -0.05) is 43.7 Å². The number of benzene rings is 1. The molecule has 0 amide bonds. The highest BCUT2D eigenvalue weighted by molar-refractivity contribution is 5.13. The van der Waals surface area contributed by atoms with Gasteiger partial charge in [0.25, 0.3) is 0 Å². The predicted molar refractivity (Wildman–Crippen MR) is 67.5 cm³/mol. The molecule has 2 rings (SSSR count). The zero-order valence-electron chi connectivity index (χ0n) is 10.1. The summed E-state index contributed by atoms with van der Waals surface area (Å²) in [5, 5.41) is 7.24. The molecule has 0 saturated heterocycles. The van der Waals surface area contributed by atoms with Crippen molar-refractivity contribution in [2.45, 2.75) is 33.0 Å². The van der Waals surface area contributed by atoms with Gasteiger partial charge in [0.05, 0.1) is 18.9 Å². The summed E-state index contributed by atoms with van der Waals surface area (Å²) < 4.78 is 5.61. The monoisotopic (exact) mass is 230 g/mol. The van der Waals surface area contributed by atoms with Crippen LogP contribution in [0.15, 0.2) is 36.4 Å². The average molecular weight is 230 g/mol. The Morgan fingerprint density at radius 2 is 2.00 bits per heavy atom. The Balaban J connectivity index is 1.78. The molecule has 0 fully saturated rings. The molecule has 0 aliphatic rings. The van der Waals surface area contributed by atoms with Crippen LogP contribution < -0.4 is 0 Å². The van der Waals surface area contributed by atoms with Gasteiger partial charge in [0.15, 0.2) is 0 Å². The van der Waals surface area contributed by atoms with E-state index in [1.165, 1.54) is 11.3 Å². The van der Waals surface area contributed by atoms with E-state index in [2.05, 4.69) is 35.3 Å². The van der Waals surface area contributed by atoms with E-state index >= 15 is 0 Å². The van der Waals surface area contributed by atoms with Crippen molar-refractivity contribution in [3.63, 3.8) is 0 Å².